The van der Waals surface area contributed by atoms with Crippen molar-refractivity contribution in [1.29, 1.82) is 0 Å². The number of benzene rings is 2. The fourth-order valence-electron chi connectivity index (χ4n) is 3.65. The van der Waals surface area contributed by atoms with Crippen molar-refractivity contribution in [3.05, 3.63) is 47.5 Å². The number of rotatable bonds is 4. The third-order valence-electron chi connectivity index (χ3n) is 4.95. The number of aliphatic hydroxyl groups is 1. The molecule has 0 fully saturated rings. The van der Waals surface area contributed by atoms with E-state index in [0.717, 1.165) is 4.90 Å². The second kappa shape index (κ2) is 5.88. The van der Waals surface area contributed by atoms with E-state index in [2.05, 4.69) is 0 Å². The van der Waals surface area contributed by atoms with Crippen LogP contribution in [0.1, 0.15) is 24.5 Å². The van der Waals surface area contributed by atoms with Gasteiger partial charge in [-0.05, 0) is 18.6 Å². The van der Waals surface area contributed by atoms with Crippen LogP contribution in [-0.2, 0) is 15.2 Å². The Kier molecular flexibility index (Phi) is 3.74. The maximum absolute atomic E-state index is 13.3. The summed E-state index contributed by atoms with van der Waals surface area (Å²) in [6, 6.07) is 7.85. The molecule has 4 rings (SSSR count). The highest BCUT2D eigenvalue weighted by molar-refractivity contribution is 6.12. The van der Waals surface area contributed by atoms with Gasteiger partial charge in [0.25, 0.3) is 5.91 Å². The number of amides is 1. The quantitative estimate of drug-likeness (QED) is 0.747. The molecule has 0 bridgehead atoms. The Bertz CT molecular complexity index is 957. The minimum absolute atomic E-state index is 0.0375. The molecule has 2 unspecified atom stereocenters. The summed E-state index contributed by atoms with van der Waals surface area (Å²) in [5.41, 5.74) is -1.85. The normalized spacial score (nSPS) is 21.3. The van der Waals surface area contributed by atoms with Gasteiger partial charge in [0.15, 0.2) is 11.5 Å². The van der Waals surface area contributed by atoms with Gasteiger partial charge in [-0.15, -0.1) is 0 Å². The molecule has 8 heteroatoms. The van der Waals surface area contributed by atoms with Crippen molar-refractivity contribution in [2.24, 2.45) is 0 Å². The third-order valence-corrected chi connectivity index (χ3v) is 4.95. The number of para-hydroxylation sites is 1. The lowest BCUT2D eigenvalue weighted by atomic mass is 9.86. The summed E-state index contributed by atoms with van der Waals surface area (Å²) in [5, 5.41) is 31.4. The number of nitrogens with zero attached hydrogens (tertiary/aromatic N) is 1. The van der Waals surface area contributed by atoms with Crippen molar-refractivity contribution in [3.63, 3.8) is 0 Å². The lowest BCUT2D eigenvalue weighted by Crippen LogP contribution is -2.48. The summed E-state index contributed by atoms with van der Waals surface area (Å²) in [4.78, 5) is 26.0. The first-order valence-corrected chi connectivity index (χ1v) is 8.41. The van der Waals surface area contributed by atoms with Crippen LogP contribution in [0, 0.1) is 0 Å². The van der Waals surface area contributed by atoms with Gasteiger partial charge in [0.2, 0.25) is 12.4 Å². The van der Waals surface area contributed by atoms with E-state index < -0.39 is 23.5 Å². The first-order valence-electron chi connectivity index (χ1n) is 8.41. The van der Waals surface area contributed by atoms with E-state index in [4.69, 9.17) is 9.47 Å². The van der Waals surface area contributed by atoms with Gasteiger partial charge < -0.3 is 24.8 Å². The zero-order chi connectivity index (χ0) is 19.3. The summed E-state index contributed by atoms with van der Waals surface area (Å²) < 4.78 is 10.5. The van der Waals surface area contributed by atoms with Gasteiger partial charge >= 0.3 is 5.97 Å². The molecule has 2 aliphatic rings. The average Bonchev–Trinajstić information content (AvgIpc) is 3.18. The van der Waals surface area contributed by atoms with E-state index >= 15 is 0 Å². The number of ether oxygens (including phenoxy) is 2. The van der Waals surface area contributed by atoms with E-state index in [9.17, 15) is 24.9 Å². The van der Waals surface area contributed by atoms with Crippen LogP contribution in [-0.4, -0.2) is 40.0 Å². The Balaban J connectivity index is 1.93. The van der Waals surface area contributed by atoms with Gasteiger partial charge in [-0.2, -0.15) is 0 Å². The van der Waals surface area contributed by atoms with Gasteiger partial charge in [0, 0.05) is 17.2 Å². The molecule has 8 nitrogen and oxygen atoms in total. The van der Waals surface area contributed by atoms with Gasteiger partial charge in [0.05, 0.1) is 5.69 Å². The van der Waals surface area contributed by atoms with Crippen molar-refractivity contribution in [2.45, 2.75) is 25.0 Å². The van der Waals surface area contributed by atoms with Crippen LogP contribution < -0.4 is 14.4 Å². The zero-order valence-corrected chi connectivity index (χ0v) is 14.4. The molecule has 0 spiro atoms. The Labute approximate surface area is 154 Å². The molecule has 0 saturated carbocycles. The van der Waals surface area contributed by atoms with Gasteiger partial charge in [-0.25, -0.2) is 4.79 Å². The van der Waals surface area contributed by atoms with E-state index in [1.165, 1.54) is 18.2 Å². The van der Waals surface area contributed by atoms with Crippen molar-refractivity contribution in [2.75, 3.05) is 11.7 Å². The Hall–Kier alpha value is -3.26. The number of phenols is 1. The van der Waals surface area contributed by atoms with Crippen LogP contribution in [0.4, 0.5) is 5.69 Å². The number of aromatic hydroxyl groups is 1. The average molecular weight is 371 g/mol. The lowest BCUT2D eigenvalue weighted by Gasteiger charge is -2.27. The molecule has 27 heavy (non-hydrogen) atoms. The highest BCUT2D eigenvalue weighted by Gasteiger charge is 2.55. The molecule has 2 aliphatic heterocycles. The molecule has 1 amide bonds. The number of phenolic OH excluding ortho intramolecular Hbond substituents is 1. The SMILES string of the molecule is CCC(C(=O)O)N1C(=O)C(O)(c2cc3c(cc2O)OCO3)c2ccccc21. The van der Waals surface area contributed by atoms with Gasteiger partial charge in [0.1, 0.15) is 11.8 Å². The summed E-state index contributed by atoms with van der Waals surface area (Å²) in [6.07, 6.45) is 0.151. The maximum Gasteiger partial charge on any atom is 0.326 e. The van der Waals surface area contributed by atoms with Crippen LogP contribution >= 0.6 is 0 Å². The second-order valence-corrected chi connectivity index (χ2v) is 6.39. The highest BCUT2D eigenvalue weighted by Crippen LogP contribution is 2.50. The number of carbonyl (C=O) groups excluding carboxylic acids is 1. The molecule has 0 aromatic heterocycles. The molecule has 2 aromatic carbocycles. The van der Waals surface area contributed by atoms with Crippen molar-refractivity contribution >= 4 is 17.6 Å². The minimum atomic E-state index is -2.25. The number of carboxylic acids is 1. The van der Waals surface area contributed by atoms with E-state index in [0.29, 0.717) is 5.75 Å². The number of carboxylic acid groups (broad SMARTS) is 1. The second-order valence-electron chi connectivity index (χ2n) is 6.39. The molecule has 140 valence electrons. The molecule has 3 N–H and O–H groups in total. The molecule has 2 heterocycles. The summed E-state index contributed by atoms with van der Waals surface area (Å²) in [5.74, 6) is -1.79. The Morgan fingerprint density at radius 1 is 1.22 bits per heavy atom. The van der Waals surface area contributed by atoms with Crippen LogP contribution in [0.3, 0.4) is 0 Å². The first-order chi connectivity index (χ1) is 12.9. The Morgan fingerprint density at radius 2 is 1.89 bits per heavy atom. The molecule has 2 atom stereocenters. The first kappa shape index (κ1) is 17.2. The molecule has 0 aliphatic carbocycles. The van der Waals surface area contributed by atoms with Crippen molar-refractivity contribution in [1.82, 2.24) is 0 Å². The van der Waals surface area contributed by atoms with Gasteiger partial charge in [-0.1, -0.05) is 25.1 Å². The molecule has 2 aromatic rings. The number of anilines is 1. The van der Waals surface area contributed by atoms with Gasteiger partial charge in [-0.3, -0.25) is 9.69 Å². The monoisotopic (exact) mass is 371 g/mol. The number of hydrogen-bond acceptors (Lipinski definition) is 6. The molecular formula is C19H17NO7. The summed E-state index contributed by atoms with van der Waals surface area (Å²) in [6.45, 7) is 1.61. The van der Waals surface area contributed by atoms with E-state index in [-0.39, 0.29) is 41.5 Å². The smallest absolute Gasteiger partial charge is 0.326 e. The molecule has 0 saturated heterocycles. The van der Waals surface area contributed by atoms with Crippen molar-refractivity contribution < 1.29 is 34.4 Å². The van der Waals surface area contributed by atoms with E-state index in [1.54, 1.807) is 25.1 Å². The van der Waals surface area contributed by atoms with Crippen LogP contribution in [0.25, 0.3) is 0 Å². The Morgan fingerprint density at radius 3 is 2.56 bits per heavy atom. The maximum atomic E-state index is 13.3. The number of fused-ring (bicyclic) bond motifs is 2. The van der Waals surface area contributed by atoms with Crippen LogP contribution in [0.15, 0.2) is 36.4 Å². The van der Waals surface area contributed by atoms with Crippen molar-refractivity contribution in [3.8, 4) is 17.2 Å². The number of hydrogen-bond donors (Lipinski definition) is 3. The zero-order valence-electron chi connectivity index (χ0n) is 14.4. The molecular weight excluding hydrogens is 354 g/mol. The lowest BCUT2D eigenvalue weighted by molar-refractivity contribution is -0.142. The van der Waals surface area contributed by atoms with E-state index in [1.807, 2.05) is 0 Å². The largest absolute Gasteiger partial charge is 0.507 e. The fraction of sp³-hybridized carbons (Fsp3) is 0.263. The topological polar surface area (TPSA) is 117 Å². The standard InChI is InChI=1S/C19H17NO7/c1-2-12(17(22)23)20-13-6-4-3-5-10(13)19(25,18(20)24)11-7-15-16(8-14(11)21)27-9-26-15/h3-8,12,21,25H,2,9H2,1H3,(H,22,23). The highest BCUT2D eigenvalue weighted by atomic mass is 16.7. The number of aliphatic carboxylic acids is 1. The molecule has 0 radical (unpaired) electrons. The predicted molar refractivity (Wildman–Crippen MR) is 92.9 cm³/mol. The van der Waals surface area contributed by atoms with Crippen LogP contribution in [0.5, 0.6) is 17.2 Å². The summed E-state index contributed by atoms with van der Waals surface area (Å²) in [7, 11) is 0. The predicted octanol–water partition coefficient (Wildman–Crippen LogP) is 1.57. The third kappa shape index (κ3) is 2.26. The van der Waals surface area contributed by atoms with Crippen LogP contribution in [0.2, 0.25) is 0 Å². The minimum Gasteiger partial charge on any atom is -0.507 e. The fourth-order valence-corrected chi connectivity index (χ4v) is 3.65. The summed E-state index contributed by atoms with van der Waals surface area (Å²) >= 11 is 0. The number of carbonyl (C=O) groups is 2.